The Hall–Kier alpha value is -1.69. The maximum atomic E-state index is 10.6. The zero-order chi connectivity index (χ0) is 14.3. The Morgan fingerprint density at radius 1 is 1.00 bits per heavy atom. The van der Waals surface area contributed by atoms with E-state index in [4.69, 9.17) is 10.3 Å². The fraction of sp³-hybridized carbons (Fsp3) is 0.143. The zero-order valence-electron chi connectivity index (χ0n) is 10.7. The van der Waals surface area contributed by atoms with Crippen LogP contribution in [0.2, 0.25) is 0 Å². The summed E-state index contributed by atoms with van der Waals surface area (Å²) >= 11 is 0. The number of aryl methyl sites for hydroxylation is 1. The van der Waals surface area contributed by atoms with Gasteiger partial charge in [-0.3, -0.25) is 4.55 Å². The van der Waals surface area contributed by atoms with E-state index in [2.05, 4.69) is 0 Å². The molecular weight excluding hydrogens is 262 g/mol. The third-order valence-electron chi connectivity index (χ3n) is 2.45. The minimum Gasteiger partial charge on any atom is -0.326 e. The summed E-state index contributed by atoms with van der Waals surface area (Å²) in [5.41, 5.74) is 7.09. The van der Waals surface area contributed by atoms with Crippen molar-refractivity contribution in [3.63, 3.8) is 0 Å². The highest BCUT2D eigenvalue weighted by molar-refractivity contribution is 7.85. The highest BCUT2D eigenvalue weighted by Gasteiger charge is 2.10. The SMILES string of the molecule is Cc1ccccc1S(=O)(=O)O.NCc1ccccc1. The van der Waals surface area contributed by atoms with E-state index in [0.29, 0.717) is 12.1 Å². The van der Waals surface area contributed by atoms with E-state index in [1.165, 1.54) is 11.6 Å². The van der Waals surface area contributed by atoms with Crippen LogP contribution < -0.4 is 5.73 Å². The molecule has 0 aliphatic heterocycles. The lowest BCUT2D eigenvalue weighted by Crippen LogP contribution is -1.99. The van der Waals surface area contributed by atoms with Crippen molar-refractivity contribution in [3.8, 4) is 0 Å². The molecule has 0 aliphatic carbocycles. The predicted molar refractivity (Wildman–Crippen MR) is 75.3 cm³/mol. The summed E-state index contributed by atoms with van der Waals surface area (Å²) in [5, 5.41) is 0. The Kier molecular flexibility index (Phi) is 5.69. The van der Waals surface area contributed by atoms with Crippen LogP contribution in [-0.4, -0.2) is 13.0 Å². The maximum absolute atomic E-state index is 10.6. The molecule has 0 heterocycles. The molecule has 4 nitrogen and oxygen atoms in total. The second kappa shape index (κ2) is 7.04. The van der Waals surface area contributed by atoms with Gasteiger partial charge in [-0.1, -0.05) is 48.5 Å². The van der Waals surface area contributed by atoms with Gasteiger partial charge in [-0.2, -0.15) is 8.42 Å². The minimum absolute atomic E-state index is 0.0278. The van der Waals surface area contributed by atoms with E-state index < -0.39 is 10.1 Å². The summed E-state index contributed by atoms with van der Waals surface area (Å²) in [6.45, 7) is 2.27. The highest BCUT2D eigenvalue weighted by atomic mass is 32.2. The molecule has 0 bridgehead atoms. The van der Waals surface area contributed by atoms with E-state index in [9.17, 15) is 8.42 Å². The van der Waals surface area contributed by atoms with Gasteiger partial charge < -0.3 is 5.73 Å². The van der Waals surface area contributed by atoms with Crippen LogP contribution in [0.15, 0.2) is 59.5 Å². The molecule has 102 valence electrons. The first-order chi connectivity index (χ1) is 8.95. The van der Waals surface area contributed by atoms with E-state index in [-0.39, 0.29) is 4.90 Å². The van der Waals surface area contributed by atoms with Crippen molar-refractivity contribution >= 4 is 10.1 Å². The Bertz CT molecular complexity index is 610. The van der Waals surface area contributed by atoms with Gasteiger partial charge in [0.05, 0.1) is 4.90 Å². The highest BCUT2D eigenvalue weighted by Crippen LogP contribution is 2.12. The standard InChI is InChI=1S/C7H9N.C7H8O3S/c8-6-7-4-2-1-3-5-7;1-6-4-2-3-5-7(6)11(8,9)10/h1-5H,6,8H2;2-5H,1H3,(H,8,9,10). The molecule has 0 fully saturated rings. The number of hydrogen-bond acceptors (Lipinski definition) is 3. The van der Waals surface area contributed by atoms with Crippen LogP contribution in [-0.2, 0) is 16.7 Å². The van der Waals surface area contributed by atoms with Gasteiger partial charge in [-0.25, -0.2) is 0 Å². The average Bonchev–Trinajstić information content (AvgIpc) is 2.39. The molecule has 0 radical (unpaired) electrons. The third-order valence-corrected chi connectivity index (χ3v) is 3.46. The van der Waals surface area contributed by atoms with Gasteiger partial charge in [0.1, 0.15) is 0 Å². The molecule has 2 rings (SSSR count). The van der Waals surface area contributed by atoms with E-state index in [0.717, 1.165) is 0 Å². The van der Waals surface area contributed by atoms with Crippen LogP contribution in [0.25, 0.3) is 0 Å². The van der Waals surface area contributed by atoms with Crippen LogP contribution >= 0.6 is 0 Å². The lowest BCUT2D eigenvalue weighted by atomic mass is 10.2. The lowest BCUT2D eigenvalue weighted by molar-refractivity contribution is 0.482. The summed E-state index contributed by atoms with van der Waals surface area (Å²) in [6.07, 6.45) is 0. The molecule has 19 heavy (non-hydrogen) atoms. The van der Waals surface area contributed by atoms with Crippen molar-refractivity contribution < 1.29 is 13.0 Å². The maximum Gasteiger partial charge on any atom is 0.294 e. The van der Waals surface area contributed by atoms with Gasteiger partial charge in [0.25, 0.3) is 10.1 Å². The Morgan fingerprint density at radius 2 is 1.53 bits per heavy atom. The second-order valence-electron chi connectivity index (χ2n) is 3.93. The van der Waals surface area contributed by atoms with Crippen molar-refractivity contribution in [1.29, 1.82) is 0 Å². The summed E-state index contributed by atoms with van der Waals surface area (Å²) in [7, 11) is -4.03. The quantitative estimate of drug-likeness (QED) is 0.827. The van der Waals surface area contributed by atoms with E-state index in [1.54, 1.807) is 25.1 Å². The van der Waals surface area contributed by atoms with Crippen molar-refractivity contribution in [2.45, 2.75) is 18.4 Å². The number of nitrogens with two attached hydrogens (primary N) is 1. The topological polar surface area (TPSA) is 80.4 Å². The molecule has 0 aliphatic rings. The summed E-state index contributed by atoms with van der Waals surface area (Å²) in [6, 6.07) is 16.3. The molecule has 0 aromatic heterocycles. The van der Waals surface area contributed by atoms with E-state index in [1.807, 2.05) is 30.3 Å². The van der Waals surface area contributed by atoms with Crippen molar-refractivity contribution in [2.75, 3.05) is 0 Å². The molecule has 0 atom stereocenters. The molecule has 2 aromatic rings. The molecule has 5 heteroatoms. The Labute approximate surface area is 113 Å². The fourth-order valence-electron chi connectivity index (χ4n) is 1.46. The Balaban J connectivity index is 0.000000200. The van der Waals surface area contributed by atoms with Crippen LogP contribution in [0.4, 0.5) is 0 Å². The monoisotopic (exact) mass is 279 g/mol. The van der Waals surface area contributed by atoms with Gasteiger partial charge in [-0.05, 0) is 24.1 Å². The summed E-state index contributed by atoms with van der Waals surface area (Å²) < 4.78 is 29.9. The molecule has 0 spiro atoms. The van der Waals surface area contributed by atoms with E-state index >= 15 is 0 Å². The first kappa shape index (κ1) is 15.4. The zero-order valence-corrected chi connectivity index (χ0v) is 11.5. The largest absolute Gasteiger partial charge is 0.326 e. The molecule has 0 saturated carbocycles. The van der Waals surface area contributed by atoms with Gasteiger partial charge in [0, 0.05) is 6.54 Å². The molecule has 2 aromatic carbocycles. The van der Waals surface area contributed by atoms with Gasteiger partial charge >= 0.3 is 0 Å². The fourth-order valence-corrected chi connectivity index (χ4v) is 2.19. The van der Waals surface area contributed by atoms with Gasteiger partial charge in [0.15, 0.2) is 0 Å². The first-order valence-electron chi connectivity index (χ1n) is 5.72. The minimum atomic E-state index is -4.03. The third kappa shape index (κ3) is 5.21. The molecule has 0 unspecified atom stereocenters. The van der Waals surface area contributed by atoms with Crippen LogP contribution in [0, 0.1) is 6.92 Å². The summed E-state index contributed by atoms with van der Waals surface area (Å²) in [4.78, 5) is -0.0278. The average molecular weight is 279 g/mol. The van der Waals surface area contributed by atoms with Crippen LogP contribution in [0.1, 0.15) is 11.1 Å². The molecule has 3 N–H and O–H groups in total. The lowest BCUT2D eigenvalue weighted by Gasteiger charge is -1.99. The molecule has 0 saturated heterocycles. The smallest absolute Gasteiger partial charge is 0.294 e. The predicted octanol–water partition coefficient (Wildman–Crippen LogP) is 2.39. The molecular formula is C14H17NO3S. The van der Waals surface area contributed by atoms with Crippen molar-refractivity contribution in [1.82, 2.24) is 0 Å². The molecule has 0 amide bonds. The number of benzene rings is 2. The number of hydrogen-bond donors (Lipinski definition) is 2. The van der Waals surface area contributed by atoms with Gasteiger partial charge in [-0.15, -0.1) is 0 Å². The van der Waals surface area contributed by atoms with Crippen molar-refractivity contribution in [3.05, 3.63) is 65.7 Å². The summed E-state index contributed by atoms with van der Waals surface area (Å²) in [5.74, 6) is 0. The normalized spacial score (nSPS) is 10.5. The van der Waals surface area contributed by atoms with Gasteiger partial charge in [0.2, 0.25) is 0 Å². The second-order valence-corrected chi connectivity index (χ2v) is 5.32. The first-order valence-corrected chi connectivity index (χ1v) is 7.16. The van der Waals surface area contributed by atoms with Crippen LogP contribution in [0.5, 0.6) is 0 Å². The van der Waals surface area contributed by atoms with Crippen LogP contribution in [0.3, 0.4) is 0 Å². The Morgan fingerprint density at radius 3 is 1.89 bits per heavy atom. The number of rotatable bonds is 2. The van der Waals surface area contributed by atoms with Crippen molar-refractivity contribution in [2.24, 2.45) is 5.73 Å².